The van der Waals surface area contributed by atoms with Gasteiger partial charge >= 0.3 is 0 Å². The van der Waals surface area contributed by atoms with Crippen LogP contribution < -0.4 is 15.1 Å². The molecule has 13 heteroatoms. The van der Waals surface area contributed by atoms with Crippen molar-refractivity contribution in [3.05, 3.63) is 41.9 Å². The van der Waals surface area contributed by atoms with Crippen LogP contribution in [0, 0.1) is 0 Å². The summed E-state index contributed by atoms with van der Waals surface area (Å²) in [5.41, 5.74) is 4.35. The maximum atomic E-state index is 13.2. The van der Waals surface area contributed by atoms with Gasteiger partial charge in [0.15, 0.2) is 0 Å². The number of amides is 1. The first-order valence-corrected chi connectivity index (χ1v) is 12.2. The molecule has 0 unspecified atom stereocenters. The Hall–Kier alpha value is -4.39. The van der Waals surface area contributed by atoms with Crippen LogP contribution in [0.4, 0.5) is 17.5 Å². The third-order valence-electron chi connectivity index (χ3n) is 7.33. The van der Waals surface area contributed by atoms with Gasteiger partial charge in [-0.05, 0) is 49.5 Å². The third kappa shape index (κ3) is 4.06. The lowest BCUT2D eigenvalue weighted by molar-refractivity contribution is -0.113. The van der Waals surface area contributed by atoms with Gasteiger partial charge in [0, 0.05) is 55.6 Å². The van der Waals surface area contributed by atoms with Gasteiger partial charge in [0.05, 0.1) is 23.3 Å². The number of carbonyl (C=O) groups excluding carboxylic acids is 1. The first-order valence-electron chi connectivity index (χ1n) is 12.2. The van der Waals surface area contributed by atoms with Crippen LogP contribution in [-0.4, -0.2) is 91.0 Å². The van der Waals surface area contributed by atoms with Crippen molar-refractivity contribution < 1.29 is 4.79 Å². The minimum atomic E-state index is -0.205. The number of nitrogens with one attached hydrogen (secondary N) is 2. The van der Waals surface area contributed by atoms with Gasteiger partial charge in [-0.1, -0.05) is 5.10 Å². The average Bonchev–Trinajstić information content (AvgIpc) is 3.55. The number of likely N-dealkylation sites (N-methyl/N-ethyl adjacent to an activating group) is 1. The molecule has 190 valence electrons. The number of benzene rings is 1. The van der Waals surface area contributed by atoms with Crippen LogP contribution in [0.25, 0.3) is 22.3 Å². The number of tetrazole rings is 1. The number of nitrogens with zero attached hydrogens (tertiary/aromatic N) is 10. The fourth-order valence-electron chi connectivity index (χ4n) is 4.79. The lowest BCUT2D eigenvalue weighted by Crippen LogP contribution is -2.50. The van der Waals surface area contributed by atoms with Gasteiger partial charge in [-0.15, -0.1) is 0 Å². The molecular weight excluding hydrogens is 472 g/mol. The van der Waals surface area contributed by atoms with Crippen molar-refractivity contribution in [2.24, 2.45) is 0 Å². The van der Waals surface area contributed by atoms with Crippen molar-refractivity contribution in [3.8, 4) is 11.4 Å². The SMILES string of the molecule is CC1=C(C(=O)Nc2ccc3[nH]nc(-c4cc(N5CCN(C)[C@H](C)C5)ncn4)c3c2)Cn2nnnc2N1C. The number of fused-ring (bicyclic) bond motifs is 2. The Morgan fingerprint density at radius 1 is 1.16 bits per heavy atom. The summed E-state index contributed by atoms with van der Waals surface area (Å²) in [7, 11) is 3.99. The minimum Gasteiger partial charge on any atom is -0.354 e. The quantitative estimate of drug-likeness (QED) is 0.424. The number of anilines is 3. The molecule has 4 aromatic rings. The molecule has 37 heavy (non-hydrogen) atoms. The number of allylic oxidation sites excluding steroid dienone is 1. The molecule has 2 N–H and O–H groups in total. The molecule has 1 aromatic carbocycles. The van der Waals surface area contributed by atoms with E-state index >= 15 is 0 Å². The highest BCUT2D eigenvalue weighted by atomic mass is 16.1. The second-order valence-corrected chi connectivity index (χ2v) is 9.58. The summed E-state index contributed by atoms with van der Waals surface area (Å²) < 4.78 is 1.60. The molecule has 0 radical (unpaired) electrons. The number of hydrogen-bond donors (Lipinski definition) is 2. The highest BCUT2D eigenvalue weighted by Crippen LogP contribution is 2.30. The zero-order valence-corrected chi connectivity index (χ0v) is 21.2. The molecule has 2 aliphatic heterocycles. The second kappa shape index (κ2) is 8.92. The van der Waals surface area contributed by atoms with Crippen LogP contribution in [0.3, 0.4) is 0 Å². The molecule has 6 rings (SSSR count). The first kappa shape index (κ1) is 23.0. The molecule has 1 atom stereocenters. The van der Waals surface area contributed by atoms with E-state index in [1.54, 1.807) is 11.0 Å². The van der Waals surface area contributed by atoms with Crippen LogP contribution in [-0.2, 0) is 11.3 Å². The normalized spacial score (nSPS) is 18.4. The largest absolute Gasteiger partial charge is 0.354 e. The predicted octanol–water partition coefficient (Wildman–Crippen LogP) is 1.51. The molecule has 5 heterocycles. The number of aromatic nitrogens is 8. The Labute approximate surface area is 213 Å². The van der Waals surface area contributed by atoms with Crippen molar-refractivity contribution in [2.45, 2.75) is 26.4 Å². The Balaban J connectivity index is 1.27. The summed E-state index contributed by atoms with van der Waals surface area (Å²) in [4.78, 5) is 28.7. The van der Waals surface area contributed by atoms with Gasteiger partial charge in [-0.25, -0.2) is 14.6 Å². The van der Waals surface area contributed by atoms with E-state index in [0.717, 1.165) is 47.7 Å². The van der Waals surface area contributed by atoms with Crippen LogP contribution in [0.5, 0.6) is 0 Å². The van der Waals surface area contributed by atoms with E-state index in [1.807, 2.05) is 43.1 Å². The lowest BCUT2D eigenvalue weighted by atomic mass is 10.1. The number of piperazine rings is 1. The first-order chi connectivity index (χ1) is 17.9. The standard InChI is InChI=1S/C24H28N12O/c1-14-11-35(8-7-33(14)3)21-10-20(25-13-26-21)22-17-9-16(5-6-19(17)28-29-22)27-23(37)18-12-36-24(30-31-32-36)34(4)15(18)2/h5-6,9-10,13-14H,7-8,11-12H2,1-4H3,(H,27,37)(H,28,29)/t14-/m1/s1. The van der Waals surface area contributed by atoms with Crippen molar-refractivity contribution >= 4 is 34.3 Å². The topological polar surface area (TPSA) is 137 Å². The fourth-order valence-corrected chi connectivity index (χ4v) is 4.79. The molecule has 1 saturated heterocycles. The van der Waals surface area contributed by atoms with Crippen molar-refractivity contribution in [1.29, 1.82) is 0 Å². The number of H-pyrrole nitrogens is 1. The molecule has 0 bridgehead atoms. The minimum absolute atomic E-state index is 0.205. The summed E-state index contributed by atoms with van der Waals surface area (Å²) in [6.07, 6.45) is 1.59. The van der Waals surface area contributed by atoms with E-state index in [-0.39, 0.29) is 5.91 Å². The summed E-state index contributed by atoms with van der Waals surface area (Å²) >= 11 is 0. The van der Waals surface area contributed by atoms with Gasteiger partial charge in [0.25, 0.3) is 5.91 Å². The third-order valence-corrected chi connectivity index (χ3v) is 7.33. The predicted molar refractivity (Wildman–Crippen MR) is 139 cm³/mol. The van der Waals surface area contributed by atoms with E-state index in [1.165, 1.54) is 0 Å². The Bertz CT molecular complexity index is 1520. The van der Waals surface area contributed by atoms with Crippen LogP contribution in [0.2, 0.25) is 0 Å². The molecule has 0 saturated carbocycles. The highest BCUT2D eigenvalue weighted by Gasteiger charge is 2.27. The smallest absolute Gasteiger partial charge is 0.255 e. The molecule has 0 spiro atoms. The van der Waals surface area contributed by atoms with Crippen LogP contribution >= 0.6 is 0 Å². The van der Waals surface area contributed by atoms with Gasteiger partial charge < -0.3 is 20.0 Å². The zero-order valence-electron chi connectivity index (χ0n) is 21.2. The van der Waals surface area contributed by atoms with Crippen LogP contribution in [0.1, 0.15) is 13.8 Å². The molecule has 13 nitrogen and oxygen atoms in total. The van der Waals surface area contributed by atoms with E-state index in [9.17, 15) is 4.79 Å². The summed E-state index contributed by atoms with van der Waals surface area (Å²) in [6, 6.07) is 8.09. The van der Waals surface area contributed by atoms with Crippen molar-refractivity contribution in [1.82, 2.24) is 45.3 Å². The molecule has 1 fully saturated rings. The second-order valence-electron chi connectivity index (χ2n) is 9.58. The maximum Gasteiger partial charge on any atom is 0.255 e. The Morgan fingerprint density at radius 2 is 2.03 bits per heavy atom. The van der Waals surface area contributed by atoms with E-state index in [4.69, 9.17) is 0 Å². The monoisotopic (exact) mass is 500 g/mol. The number of aromatic amines is 1. The van der Waals surface area contributed by atoms with E-state index < -0.39 is 0 Å². The van der Waals surface area contributed by atoms with E-state index in [2.05, 4.69) is 64.8 Å². The van der Waals surface area contributed by atoms with Gasteiger partial charge in [-0.3, -0.25) is 9.89 Å². The van der Waals surface area contributed by atoms with E-state index in [0.29, 0.717) is 35.5 Å². The zero-order chi connectivity index (χ0) is 25.7. The van der Waals surface area contributed by atoms with Crippen LogP contribution in [0.15, 0.2) is 41.9 Å². The summed E-state index contributed by atoms with van der Waals surface area (Å²) in [5.74, 6) is 1.29. The lowest BCUT2D eigenvalue weighted by Gasteiger charge is -2.38. The molecule has 0 aliphatic carbocycles. The fraction of sp³-hybridized carbons (Fsp3) is 0.375. The Morgan fingerprint density at radius 3 is 2.86 bits per heavy atom. The Kier molecular flexibility index (Phi) is 5.56. The summed E-state index contributed by atoms with van der Waals surface area (Å²) in [5, 5.41) is 23.2. The van der Waals surface area contributed by atoms with Gasteiger partial charge in [0.1, 0.15) is 17.8 Å². The maximum absolute atomic E-state index is 13.2. The van der Waals surface area contributed by atoms with Gasteiger partial charge in [0.2, 0.25) is 5.95 Å². The van der Waals surface area contributed by atoms with Crippen molar-refractivity contribution in [2.75, 3.05) is 48.8 Å². The molecule has 3 aromatic heterocycles. The van der Waals surface area contributed by atoms with Crippen molar-refractivity contribution in [3.63, 3.8) is 0 Å². The highest BCUT2D eigenvalue weighted by molar-refractivity contribution is 6.06. The molecule has 2 aliphatic rings. The molecular formula is C24H28N12O. The number of rotatable bonds is 4. The van der Waals surface area contributed by atoms with Gasteiger partial charge in [-0.2, -0.15) is 5.10 Å². The molecule has 1 amide bonds. The number of carbonyl (C=O) groups is 1. The summed E-state index contributed by atoms with van der Waals surface area (Å²) in [6.45, 7) is 7.20. The number of hydrogen-bond acceptors (Lipinski definition) is 10. The average molecular weight is 501 g/mol.